The maximum absolute atomic E-state index is 12.7. The minimum atomic E-state index is -0.165. The van der Waals surface area contributed by atoms with Gasteiger partial charge in [-0.15, -0.1) is 0 Å². The molecule has 5 heteroatoms. The van der Waals surface area contributed by atoms with Crippen molar-refractivity contribution in [3.8, 4) is 0 Å². The predicted octanol–water partition coefficient (Wildman–Crippen LogP) is 3.71. The number of fused-ring (bicyclic) bond motifs is 1. The van der Waals surface area contributed by atoms with Gasteiger partial charge >= 0.3 is 0 Å². The van der Waals surface area contributed by atoms with Crippen LogP contribution in [0, 0.1) is 0 Å². The van der Waals surface area contributed by atoms with Crippen molar-refractivity contribution in [1.29, 1.82) is 0 Å². The smallest absolute Gasteiger partial charge is 0.255 e. The summed E-state index contributed by atoms with van der Waals surface area (Å²) < 4.78 is 14.6. The number of carbonyl (C=O) groups is 1. The number of benzene rings is 2. The highest BCUT2D eigenvalue weighted by atomic mass is 19.1. The normalized spacial score (nSPS) is 11.7. The number of nitrogens with one attached hydrogen (secondary N) is 1. The molecule has 3 N–H and O–H groups in total. The SMILES string of the molecule is NC/C(=C\F)Cn1ccc2cc(C(=O)Nc3ccccc3)ccc21. The van der Waals surface area contributed by atoms with E-state index in [1.807, 2.05) is 59.3 Å². The fraction of sp³-hybridized carbons (Fsp3) is 0.105. The number of hydrogen-bond acceptors (Lipinski definition) is 2. The number of carbonyl (C=O) groups excluding carboxylic acids is 1. The molecule has 0 spiro atoms. The Hall–Kier alpha value is -2.92. The third-order valence-electron chi connectivity index (χ3n) is 3.85. The molecule has 0 aliphatic carbocycles. The number of halogens is 1. The van der Waals surface area contributed by atoms with E-state index in [1.54, 1.807) is 6.07 Å². The Morgan fingerprint density at radius 1 is 1.17 bits per heavy atom. The van der Waals surface area contributed by atoms with Crippen LogP contribution in [-0.4, -0.2) is 17.0 Å². The first-order valence-electron chi connectivity index (χ1n) is 7.65. The van der Waals surface area contributed by atoms with Crippen molar-refractivity contribution >= 4 is 22.5 Å². The third kappa shape index (κ3) is 3.36. The van der Waals surface area contributed by atoms with Crippen molar-refractivity contribution in [1.82, 2.24) is 4.57 Å². The Morgan fingerprint density at radius 3 is 2.67 bits per heavy atom. The van der Waals surface area contributed by atoms with Crippen molar-refractivity contribution in [2.75, 3.05) is 11.9 Å². The molecule has 0 atom stereocenters. The van der Waals surface area contributed by atoms with E-state index in [1.165, 1.54) is 0 Å². The zero-order valence-corrected chi connectivity index (χ0v) is 13.1. The highest BCUT2D eigenvalue weighted by Gasteiger charge is 2.09. The zero-order valence-electron chi connectivity index (χ0n) is 13.1. The van der Waals surface area contributed by atoms with E-state index in [0.29, 0.717) is 24.0 Å². The van der Waals surface area contributed by atoms with E-state index in [0.717, 1.165) is 16.6 Å². The van der Waals surface area contributed by atoms with E-state index in [9.17, 15) is 9.18 Å². The van der Waals surface area contributed by atoms with Gasteiger partial charge in [0, 0.05) is 41.4 Å². The summed E-state index contributed by atoms with van der Waals surface area (Å²) in [6.45, 7) is 0.569. The summed E-state index contributed by atoms with van der Waals surface area (Å²) >= 11 is 0. The fourth-order valence-corrected chi connectivity index (χ4v) is 2.57. The summed E-state index contributed by atoms with van der Waals surface area (Å²) in [6.07, 6.45) is 2.41. The average molecular weight is 323 g/mol. The molecule has 0 saturated carbocycles. The van der Waals surface area contributed by atoms with Gasteiger partial charge < -0.3 is 15.6 Å². The van der Waals surface area contributed by atoms with Gasteiger partial charge in [-0.2, -0.15) is 0 Å². The van der Waals surface area contributed by atoms with Crippen LogP contribution in [-0.2, 0) is 6.54 Å². The number of hydrogen-bond donors (Lipinski definition) is 2. The summed E-state index contributed by atoms with van der Waals surface area (Å²) in [5.41, 5.74) is 8.27. The standard InChI is InChI=1S/C19H18FN3O/c20-11-14(12-21)13-23-9-8-15-10-16(6-7-18(15)23)19(24)22-17-4-2-1-3-5-17/h1-11H,12-13,21H2,(H,22,24)/b14-11+. The topological polar surface area (TPSA) is 60.0 Å². The van der Waals surface area contributed by atoms with Crippen molar-refractivity contribution in [3.05, 3.63) is 78.3 Å². The van der Waals surface area contributed by atoms with Gasteiger partial charge in [-0.05, 0) is 42.0 Å². The number of anilines is 1. The number of para-hydroxylation sites is 1. The van der Waals surface area contributed by atoms with Gasteiger partial charge in [0.05, 0.1) is 6.33 Å². The van der Waals surface area contributed by atoms with Crippen LogP contribution in [0.25, 0.3) is 10.9 Å². The minimum Gasteiger partial charge on any atom is -0.343 e. The maximum Gasteiger partial charge on any atom is 0.255 e. The second-order valence-corrected chi connectivity index (χ2v) is 5.51. The number of nitrogens with two attached hydrogens (primary N) is 1. The van der Waals surface area contributed by atoms with Crippen molar-refractivity contribution < 1.29 is 9.18 Å². The summed E-state index contributed by atoms with van der Waals surface area (Å²) in [5, 5.41) is 3.78. The molecular formula is C19H18FN3O. The molecule has 0 bridgehead atoms. The van der Waals surface area contributed by atoms with Gasteiger partial charge in [0.1, 0.15) is 0 Å². The van der Waals surface area contributed by atoms with Crippen LogP contribution < -0.4 is 11.1 Å². The second-order valence-electron chi connectivity index (χ2n) is 5.51. The molecule has 1 heterocycles. The third-order valence-corrected chi connectivity index (χ3v) is 3.85. The van der Waals surface area contributed by atoms with Gasteiger partial charge in [0.15, 0.2) is 0 Å². The van der Waals surface area contributed by atoms with Gasteiger partial charge in [0.25, 0.3) is 5.91 Å². The molecule has 1 aromatic heterocycles. The number of rotatable bonds is 5. The average Bonchev–Trinajstić information content (AvgIpc) is 3.02. The Morgan fingerprint density at radius 2 is 1.96 bits per heavy atom. The van der Waals surface area contributed by atoms with Crippen LogP contribution in [0.4, 0.5) is 10.1 Å². The molecular weight excluding hydrogens is 305 g/mol. The Kier molecular flexibility index (Phi) is 4.72. The van der Waals surface area contributed by atoms with E-state index < -0.39 is 0 Å². The molecule has 1 amide bonds. The molecule has 24 heavy (non-hydrogen) atoms. The molecule has 0 unspecified atom stereocenters. The van der Waals surface area contributed by atoms with E-state index >= 15 is 0 Å². The summed E-state index contributed by atoms with van der Waals surface area (Å²) in [4.78, 5) is 12.3. The number of aromatic nitrogens is 1. The van der Waals surface area contributed by atoms with Crippen molar-refractivity contribution in [2.24, 2.45) is 5.73 Å². The highest BCUT2D eigenvalue weighted by Crippen LogP contribution is 2.20. The molecule has 0 fully saturated rings. The molecule has 0 radical (unpaired) electrons. The molecule has 3 aromatic rings. The quantitative estimate of drug-likeness (QED) is 0.752. The fourth-order valence-electron chi connectivity index (χ4n) is 2.57. The summed E-state index contributed by atoms with van der Waals surface area (Å²) in [5.74, 6) is -0.165. The van der Waals surface area contributed by atoms with E-state index in [-0.39, 0.29) is 12.5 Å². The first kappa shape index (κ1) is 16.0. The summed E-state index contributed by atoms with van der Waals surface area (Å²) in [7, 11) is 0. The molecule has 2 aromatic carbocycles. The Balaban J connectivity index is 1.83. The molecule has 0 aliphatic rings. The van der Waals surface area contributed by atoms with Crippen LogP contribution in [0.3, 0.4) is 0 Å². The van der Waals surface area contributed by atoms with Crippen LogP contribution in [0.1, 0.15) is 10.4 Å². The monoisotopic (exact) mass is 323 g/mol. The molecule has 0 saturated heterocycles. The van der Waals surface area contributed by atoms with Crippen LogP contribution >= 0.6 is 0 Å². The van der Waals surface area contributed by atoms with Crippen LogP contribution in [0.15, 0.2) is 72.7 Å². The van der Waals surface area contributed by atoms with Gasteiger partial charge in [0.2, 0.25) is 0 Å². The predicted molar refractivity (Wildman–Crippen MR) is 94.6 cm³/mol. The van der Waals surface area contributed by atoms with Gasteiger partial charge in [-0.1, -0.05) is 18.2 Å². The molecule has 0 aliphatic heterocycles. The van der Waals surface area contributed by atoms with Crippen molar-refractivity contribution in [3.63, 3.8) is 0 Å². The van der Waals surface area contributed by atoms with Crippen LogP contribution in [0.2, 0.25) is 0 Å². The lowest BCUT2D eigenvalue weighted by Crippen LogP contribution is -2.12. The first-order chi connectivity index (χ1) is 11.7. The zero-order chi connectivity index (χ0) is 16.9. The lowest BCUT2D eigenvalue weighted by molar-refractivity contribution is 0.102. The summed E-state index contributed by atoms with van der Waals surface area (Å²) in [6, 6.07) is 16.7. The Bertz CT molecular complexity index is 884. The first-order valence-corrected chi connectivity index (χ1v) is 7.65. The maximum atomic E-state index is 12.7. The highest BCUT2D eigenvalue weighted by molar-refractivity contribution is 6.06. The van der Waals surface area contributed by atoms with Crippen LogP contribution in [0.5, 0.6) is 0 Å². The number of amides is 1. The largest absolute Gasteiger partial charge is 0.343 e. The van der Waals surface area contributed by atoms with E-state index in [4.69, 9.17) is 5.73 Å². The number of nitrogens with zero attached hydrogens (tertiary/aromatic N) is 1. The molecule has 122 valence electrons. The second kappa shape index (κ2) is 7.10. The minimum absolute atomic E-state index is 0.165. The van der Waals surface area contributed by atoms with Crippen molar-refractivity contribution in [2.45, 2.75) is 6.54 Å². The lowest BCUT2D eigenvalue weighted by atomic mass is 10.1. The van der Waals surface area contributed by atoms with Gasteiger partial charge in [-0.25, -0.2) is 4.39 Å². The van der Waals surface area contributed by atoms with E-state index in [2.05, 4.69) is 5.32 Å². The molecule has 4 nitrogen and oxygen atoms in total. The van der Waals surface area contributed by atoms with Gasteiger partial charge in [-0.3, -0.25) is 4.79 Å². The molecule has 3 rings (SSSR count). The lowest BCUT2D eigenvalue weighted by Gasteiger charge is -2.08. The Labute approximate surface area is 139 Å².